The first-order valence-electron chi connectivity index (χ1n) is 11.0. The van der Waals surface area contributed by atoms with Gasteiger partial charge in [-0.15, -0.1) is 0 Å². The summed E-state index contributed by atoms with van der Waals surface area (Å²) in [6, 6.07) is 27.1. The van der Waals surface area contributed by atoms with Crippen LogP contribution in [-0.4, -0.2) is 34.5 Å². The highest BCUT2D eigenvalue weighted by Crippen LogP contribution is 2.30. The third kappa shape index (κ3) is 3.44. The Hall–Kier alpha value is -2.91. The Balaban J connectivity index is 1.35. The zero-order valence-electron chi connectivity index (χ0n) is 17.5. The molecule has 0 radical (unpaired) electrons. The maximum absolute atomic E-state index is 13.6. The highest BCUT2D eigenvalue weighted by molar-refractivity contribution is 6.13. The van der Waals surface area contributed by atoms with Gasteiger partial charge < -0.3 is 0 Å². The molecule has 1 fully saturated rings. The number of benzene rings is 3. The zero-order chi connectivity index (χ0) is 20.5. The number of fused-ring (bicyclic) bond motifs is 3. The summed E-state index contributed by atoms with van der Waals surface area (Å²) in [4.78, 5) is 16.0. The van der Waals surface area contributed by atoms with Crippen molar-refractivity contribution < 1.29 is 4.79 Å². The molecule has 3 aromatic carbocycles. The van der Waals surface area contributed by atoms with Crippen molar-refractivity contribution in [2.75, 3.05) is 13.1 Å². The number of para-hydroxylation sites is 2. The van der Waals surface area contributed by atoms with Crippen LogP contribution < -0.4 is 0 Å². The normalized spacial score (nSPS) is 16.8. The Bertz CT molecular complexity index is 1120. The monoisotopic (exact) mass is 396 g/mol. The fourth-order valence-electron chi connectivity index (χ4n) is 4.99. The molecule has 0 aliphatic carbocycles. The lowest BCUT2D eigenvalue weighted by Gasteiger charge is -2.35. The van der Waals surface area contributed by atoms with E-state index in [1.165, 1.54) is 5.56 Å². The molecule has 2 heterocycles. The molecule has 1 aliphatic rings. The van der Waals surface area contributed by atoms with E-state index < -0.39 is 0 Å². The molecule has 152 valence electrons. The van der Waals surface area contributed by atoms with Crippen molar-refractivity contribution in [2.24, 2.45) is 5.92 Å². The zero-order valence-corrected chi connectivity index (χ0v) is 17.5. The first-order valence-corrected chi connectivity index (χ1v) is 11.0. The summed E-state index contributed by atoms with van der Waals surface area (Å²) in [6.45, 7) is 4.05. The standard InChI is InChI=1S/C27H28N2O/c1-20(28-17-15-22(16-18-28)19-21-9-3-2-4-10-21)27(30)29-25-13-7-5-11-23(25)24-12-6-8-14-26(24)29/h2-14,20,22H,15-19H2,1H3/t20-/m0/s1. The van der Waals surface area contributed by atoms with Crippen molar-refractivity contribution in [1.82, 2.24) is 9.47 Å². The van der Waals surface area contributed by atoms with Crippen LogP contribution in [0.3, 0.4) is 0 Å². The molecule has 1 saturated heterocycles. The van der Waals surface area contributed by atoms with E-state index in [4.69, 9.17) is 0 Å². The van der Waals surface area contributed by atoms with Gasteiger partial charge in [-0.1, -0.05) is 66.7 Å². The van der Waals surface area contributed by atoms with Crippen LogP contribution in [0.4, 0.5) is 0 Å². The lowest BCUT2D eigenvalue weighted by Crippen LogP contribution is -2.45. The molecule has 1 aliphatic heterocycles. The average molecular weight is 397 g/mol. The summed E-state index contributed by atoms with van der Waals surface area (Å²) in [5, 5.41) is 2.30. The molecule has 0 unspecified atom stereocenters. The Labute approximate surface area is 177 Å². The van der Waals surface area contributed by atoms with Gasteiger partial charge in [-0.05, 0) is 62.9 Å². The summed E-state index contributed by atoms with van der Waals surface area (Å²) >= 11 is 0. The lowest BCUT2D eigenvalue weighted by atomic mass is 9.89. The van der Waals surface area contributed by atoms with Gasteiger partial charge in [0, 0.05) is 10.8 Å². The fourth-order valence-corrected chi connectivity index (χ4v) is 4.99. The van der Waals surface area contributed by atoms with Crippen molar-refractivity contribution in [3.05, 3.63) is 84.4 Å². The highest BCUT2D eigenvalue weighted by atomic mass is 16.2. The van der Waals surface area contributed by atoms with Crippen LogP contribution in [0.1, 0.15) is 30.1 Å². The van der Waals surface area contributed by atoms with Crippen molar-refractivity contribution in [3.63, 3.8) is 0 Å². The maximum atomic E-state index is 13.6. The number of likely N-dealkylation sites (tertiary alicyclic amines) is 1. The number of hydrogen-bond donors (Lipinski definition) is 0. The summed E-state index contributed by atoms with van der Waals surface area (Å²) < 4.78 is 1.94. The largest absolute Gasteiger partial charge is 0.292 e. The Morgan fingerprint density at radius 2 is 1.37 bits per heavy atom. The van der Waals surface area contributed by atoms with Gasteiger partial charge in [-0.3, -0.25) is 14.3 Å². The number of rotatable bonds is 4. The van der Waals surface area contributed by atoms with Gasteiger partial charge in [0.1, 0.15) is 0 Å². The van der Waals surface area contributed by atoms with E-state index in [1.807, 2.05) is 28.8 Å². The second kappa shape index (κ2) is 8.08. The molecule has 30 heavy (non-hydrogen) atoms. The van der Waals surface area contributed by atoms with Gasteiger partial charge in [0.25, 0.3) is 0 Å². The van der Waals surface area contributed by atoms with Crippen molar-refractivity contribution in [2.45, 2.75) is 32.2 Å². The fraction of sp³-hybridized carbons (Fsp3) is 0.296. The molecular weight excluding hydrogens is 368 g/mol. The van der Waals surface area contributed by atoms with Crippen molar-refractivity contribution >= 4 is 27.7 Å². The first-order chi connectivity index (χ1) is 14.7. The summed E-state index contributed by atoms with van der Waals surface area (Å²) in [5.74, 6) is 0.883. The van der Waals surface area contributed by atoms with E-state index in [1.54, 1.807) is 0 Å². The molecule has 3 nitrogen and oxygen atoms in total. The van der Waals surface area contributed by atoms with E-state index in [0.29, 0.717) is 5.92 Å². The molecule has 0 spiro atoms. The number of carbonyl (C=O) groups is 1. The van der Waals surface area contributed by atoms with Crippen LogP contribution in [0, 0.1) is 5.92 Å². The van der Waals surface area contributed by atoms with Crippen LogP contribution >= 0.6 is 0 Å². The number of piperidine rings is 1. The molecule has 5 rings (SSSR count). The molecule has 0 bridgehead atoms. The topological polar surface area (TPSA) is 25.2 Å². The third-order valence-electron chi connectivity index (χ3n) is 6.72. The minimum Gasteiger partial charge on any atom is -0.292 e. The van der Waals surface area contributed by atoms with Gasteiger partial charge in [0.2, 0.25) is 5.91 Å². The van der Waals surface area contributed by atoms with Crippen LogP contribution in [0.25, 0.3) is 21.8 Å². The van der Waals surface area contributed by atoms with Crippen LogP contribution in [0.15, 0.2) is 78.9 Å². The summed E-state index contributed by atoms with van der Waals surface area (Å²) in [5.41, 5.74) is 3.44. The second-order valence-electron chi connectivity index (χ2n) is 8.55. The van der Waals surface area contributed by atoms with E-state index in [9.17, 15) is 4.79 Å². The smallest absolute Gasteiger partial charge is 0.248 e. The molecule has 1 aromatic heterocycles. The molecule has 3 heteroatoms. The average Bonchev–Trinajstić information content (AvgIpc) is 3.14. The number of aromatic nitrogens is 1. The molecule has 4 aromatic rings. The number of carbonyl (C=O) groups excluding carboxylic acids is 1. The molecule has 0 N–H and O–H groups in total. The Kier molecular flexibility index (Phi) is 5.14. The van der Waals surface area contributed by atoms with Gasteiger partial charge in [0.05, 0.1) is 17.1 Å². The van der Waals surface area contributed by atoms with Gasteiger partial charge in [-0.25, -0.2) is 0 Å². The Morgan fingerprint density at radius 3 is 1.97 bits per heavy atom. The maximum Gasteiger partial charge on any atom is 0.248 e. The van der Waals surface area contributed by atoms with E-state index >= 15 is 0 Å². The lowest BCUT2D eigenvalue weighted by molar-refractivity contribution is 0.0696. The van der Waals surface area contributed by atoms with Gasteiger partial charge in [-0.2, -0.15) is 0 Å². The van der Waals surface area contributed by atoms with Gasteiger partial charge in [0.15, 0.2) is 0 Å². The van der Waals surface area contributed by atoms with E-state index in [-0.39, 0.29) is 11.9 Å². The predicted molar refractivity (Wildman–Crippen MR) is 124 cm³/mol. The summed E-state index contributed by atoms with van der Waals surface area (Å²) in [7, 11) is 0. The quantitative estimate of drug-likeness (QED) is 0.437. The van der Waals surface area contributed by atoms with Crippen LogP contribution in [0.2, 0.25) is 0 Å². The molecule has 1 atom stereocenters. The van der Waals surface area contributed by atoms with Crippen LogP contribution in [0.5, 0.6) is 0 Å². The number of hydrogen-bond acceptors (Lipinski definition) is 2. The molecular formula is C27H28N2O. The third-order valence-corrected chi connectivity index (χ3v) is 6.72. The molecule has 0 saturated carbocycles. The first kappa shape index (κ1) is 19.1. The van der Waals surface area contributed by atoms with E-state index in [2.05, 4.69) is 66.4 Å². The minimum atomic E-state index is -0.123. The summed E-state index contributed by atoms with van der Waals surface area (Å²) in [6.07, 6.45) is 3.45. The van der Waals surface area contributed by atoms with E-state index in [0.717, 1.165) is 54.2 Å². The number of nitrogens with zero attached hydrogens (tertiary/aromatic N) is 2. The van der Waals surface area contributed by atoms with Crippen molar-refractivity contribution in [3.8, 4) is 0 Å². The van der Waals surface area contributed by atoms with Crippen LogP contribution in [-0.2, 0) is 6.42 Å². The Morgan fingerprint density at radius 1 is 0.833 bits per heavy atom. The SMILES string of the molecule is C[C@@H](C(=O)n1c2ccccc2c2ccccc21)N1CCC(Cc2ccccc2)CC1. The highest BCUT2D eigenvalue weighted by Gasteiger charge is 2.29. The van der Waals surface area contributed by atoms with Gasteiger partial charge >= 0.3 is 0 Å². The minimum absolute atomic E-state index is 0.123. The van der Waals surface area contributed by atoms with Crippen molar-refractivity contribution in [1.29, 1.82) is 0 Å². The molecule has 0 amide bonds. The predicted octanol–water partition coefficient (Wildman–Crippen LogP) is 5.78. The second-order valence-corrected chi connectivity index (χ2v) is 8.55.